The predicted molar refractivity (Wildman–Crippen MR) is 95.2 cm³/mol. The fourth-order valence-corrected chi connectivity index (χ4v) is 3.21. The number of benzene rings is 1. The Hall–Kier alpha value is -2.31. The molecule has 0 radical (unpaired) electrons. The smallest absolute Gasteiger partial charge is 0.319 e. The Morgan fingerprint density at radius 3 is 2.64 bits per heavy atom. The summed E-state index contributed by atoms with van der Waals surface area (Å²) < 4.78 is 13.7. The van der Waals surface area contributed by atoms with Gasteiger partial charge in [-0.25, -0.2) is 9.18 Å². The first-order chi connectivity index (χ1) is 11.9. The molecular weight excluding hydrogens is 323 g/mol. The fraction of sp³-hybridized carbons (Fsp3) is 0.556. The zero-order valence-electron chi connectivity index (χ0n) is 14.7. The molecule has 0 spiro atoms. The van der Waals surface area contributed by atoms with Crippen molar-refractivity contribution in [3.63, 3.8) is 0 Å². The van der Waals surface area contributed by atoms with E-state index < -0.39 is 0 Å². The van der Waals surface area contributed by atoms with E-state index in [0.29, 0.717) is 24.7 Å². The van der Waals surface area contributed by atoms with Gasteiger partial charge in [0, 0.05) is 39.1 Å². The van der Waals surface area contributed by atoms with Gasteiger partial charge in [-0.15, -0.1) is 0 Å². The largest absolute Gasteiger partial charge is 0.368 e. The first-order valence-corrected chi connectivity index (χ1v) is 8.81. The van der Waals surface area contributed by atoms with E-state index in [1.165, 1.54) is 12.1 Å². The number of amides is 3. The first-order valence-electron chi connectivity index (χ1n) is 8.81. The number of hydrogen-bond donors (Lipinski definition) is 2. The van der Waals surface area contributed by atoms with Crippen LogP contribution in [-0.2, 0) is 4.79 Å². The molecule has 1 aliphatic heterocycles. The third kappa shape index (κ3) is 4.41. The molecule has 0 unspecified atom stereocenters. The monoisotopic (exact) mass is 348 g/mol. The van der Waals surface area contributed by atoms with Crippen molar-refractivity contribution in [2.24, 2.45) is 5.92 Å². The van der Waals surface area contributed by atoms with E-state index in [1.807, 2.05) is 4.90 Å². The summed E-state index contributed by atoms with van der Waals surface area (Å²) in [6, 6.07) is 4.34. The van der Waals surface area contributed by atoms with Gasteiger partial charge in [-0.05, 0) is 37.0 Å². The molecule has 3 amide bonds. The number of hydrogen-bond acceptors (Lipinski definition) is 3. The predicted octanol–water partition coefficient (Wildman–Crippen LogP) is 2.41. The standard InChI is InChI=1S/C18H25FN4O2/c1-12-10-15(12)20-18(25)21-16-11-14(19)4-5-17(16)23-7-3-6-22(8-9-23)13(2)24/h4-5,11-12,15H,3,6-10H2,1-2H3,(H2,20,21,25)/t12-,15-/m1/s1. The summed E-state index contributed by atoms with van der Waals surface area (Å²) in [6.45, 7) is 6.40. The molecule has 1 saturated carbocycles. The summed E-state index contributed by atoms with van der Waals surface area (Å²) >= 11 is 0. The molecule has 1 aromatic rings. The molecule has 0 bridgehead atoms. The summed E-state index contributed by atoms with van der Waals surface area (Å²) in [4.78, 5) is 27.6. The van der Waals surface area contributed by atoms with Crippen molar-refractivity contribution in [1.29, 1.82) is 0 Å². The van der Waals surface area contributed by atoms with E-state index in [0.717, 1.165) is 31.6 Å². The Kier molecular flexibility index (Phi) is 5.11. The Bertz CT molecular complexity index is 666. The van der Waals surface area contributed by atoms with Crippen LogP contribution >= 0.6 is 0 Å². The van der Waals surface area contributed by atoms with Crippen LogP contribution in [0.1, 0.15) is 26.7 Å². The maximum atomic E-state index is 13.7. The number of nitrogens with zero attached hydrogens (tertiary/aromatic N) is 2. The number of carbonyl (C=O) groups excluding carboxylic acids is 2. The Morgan fingerprint density at radius 2 is 1.96 bits per heavy atom. The highest BCUT2D eigenvalue weighted by atomic mass is 19.1. The normalized spacial score (nSPS) is 23.0. The van der Waals surface area contributed by atoms with Crippen molar-refractivity contribution in [2.75, 3.05) is 36.4 Å². The lowest BCUT2D eigenvalue weighted by molar-refractivity contribution is -0.128. The summed E-state index contributed by atoms with van der Waals surface area (Å²) in [7, 11) is 0. The number of urea groups is 1. The summed E-state index contributed by atoms with van der Waals surface area (Å²) in [6.07, 6.45) is 1.82. The molecule has 1 saturated heterocycles. The molecule has 2 N–H and O–H groups in total. The van der Waals surface area contributed by atoms with Crippen molar-refractivity contribution in [2.45, 2.75) is 32.7 Å². The minimum absolute atomic E-state index is 0.0669. The van der Waals surface area contributed by atoms with Gasteiger partial charge < -0.3 is 20.4 Å². The van der Waals surface area contributed by atoms with Crippen molar-refractivity contribution < 1.29 is 14.0 Å². The number of halogens is 1. The van der Waals surface area contributed by atoms with E-state index in [-0.39, 0.29) is 23.8 Å². The summed E-state index contributed by atoms with van der Waals surface area (Å²) in [5.74, 6) is 0.178. The van der Waals surface area contributed by atoms with Gasteiger partial charge in [0.15, 0.2) is 0 Å². The number of anilines is 2. The first kappa shape index (κ1) is 17.5. The van der Waals surface area contributed by atoms with Crippen LogP contribution in [0, 0.1) is 11.7 Å². The highest BCUT2D eigenvalue weighted by Gasteiger charge is 2.34. The zero-order valence-corrected chi connectivity index (χ0v) is 14.7. The van der Waals surface area contributed by atoms with Crippen molar-refractivity contribution in [3.05, 3.63) is 24.0 Å². The molecular formula is C18H25FN4O2. The molecule has 0 aromatic heterocycles. The van der Waals surface area contributed by atoms with Crippen LogP contribution in [0.3, 0.4) is 0 Å². The van der Waals surface area contributed by atoms with Crippen LogP contribution in [0.5, 0.6) is 0 Å². The fourth-order valence-electron chi connectivity index (χ4n) is 3.21. The van der Waals surface area contributed by atoms with Gasteiger partial charge in [-0.2, -0.15) is 0 Å². The van der Waals surface area contributed by atoms with E-state index >= 15 is 0 Å². The average Bonchev–Trinajstić information content (AvgIpc) is 3.28. The van der Waals surface area contributed by atoms with Gasteiger partial charge in [0.25, 0.3) is 0 Å². The molecule has 6 nitrogen and oxygen atoms in total. The van der Waals surface area contributed by atoms with Crippen molar-refractivity contribution >= 4 is 23.3 Å². The van der Waals surface area contributed by atoms with Crippen LogP contribution in [0.25, 0.3) is 0 Å². The second-order valence-corrected chi connectivity index (χ2v) is 6.93. The summed E-state index contributed by atoms with van der Waals surface area (Å²) in [5.41, 5.74) is 1.24. The molecule has 1 heterocycles. The third-order valence-electron chi connectivity index (χ3n) is 4.91. The number of rotatable bonds is 3. The van der Waals surface area contributed by atoms with Crippen LogP contribution in [-0.4, -0.2) is 49.1 Å². The Balaban J connectivity index is 1.72. The van der Waals surface area contributed by atoms with E-state index in [4.69, 9.17) is 0 Å². The maximum Gasteiger partial charge on any atom is 0.319 e. The lowest BCUT2D eigenvalue weighted by atomic mass is 10.2. The highest BCUT2D eigenvalue weighted by molar-refractivity contribution is 5.93. The molecule has 2 fully saturated rings. The topological polar surface area (TPSA) is 64.7 Å². The average molecular weight is 348 g/mol. The zero-order chi connectivity index (χ0) is 18.0. The van der Waals surface area contributed by atoms with Crippen LogP contribution in [0.15, 0.2) is 18.2 Å². The van der Waals surface area contributed by atoms with E-state index in [9.17, 15) is 14.0 Å². The van der Waals surface area contributed by atoms with Crippen LogP contribution in [0.2, 0.25) is 0 Å². The van der Waals surface area contributed by atoms with Gasteiger partial charge in [-0.3, -0.25) is 4.79 Å². The molecule has 2 atom stereocenters. The Morgan fingerprint density at radius 1 is 1.20 bits per heavy atom. The molecule has 3 rings (SSSR count). The lowest BCUT2D eigenvalue weighted by Crippen LogP contribution is -2.35. The number of carbonyl (C=O) groups is 2. The molecule has 1 aromatic carbocycles. The van der Waals surface area contributed by atoms with Gasteiger partial charge >= 0.3 is 6.03 Å². The van der Waals surface area contributed by atoms with Gasteiger partial charge in [0.2, 0.25) is 5.91 Å². The quantitative estimate of drug-likeness (QED) is 0.882. The highest BCUT2D eigenvalue weighted by Crippen LogP contribution is 2.30. The molecule has 7 heteroatoms. The third-order valence-corrected chi connectivity index (χ3v) is 4.91. The minimum atomic E-state index is -0.390. The second kappa shape index (κ2) is 7.29. The minimum Gasteiger partial charge on any atom is -0.368 e. The van der Waals surface area contributed by atoms with E-state index in [1.54, 1.807) is 13.0 Å². The number of nitrogens with one attached hydrogen (secondary N) is 2. The van der Waals surface area contributed by atoms with Crippen LogP contribution < -0.4 is 15.5 Å². The molecule has 1 aliphatic carbocycles. The van der Waals surface area contributed by atoms with Crippen molar-refractivity contribution in [1.82, 2.24) is 10.2 Å². The van der Waals surface area contributed by atoms with Gasteiger partial charge in [0.05, 0.1) is 11.4 Å². The molecule has 2 aliphatic rings. The van der Waals surface area contributed by atoms with E-state index in [2.05, 4.69) is 22.5 Å². The molecule has 25 heavy (non-hydrogen) atoms. The molecule has 136 valence electrons. The van der Waals surface area contributed by atoms with Crippen LogP contribution in [0.4, 0.5) is 20.6 Å². The maximum absolute atomic E-state index is 13.7. The van der Waals surface area contributed by atoms with Crippen molar-refractivity contribution in [3.8, 4) is 0 Å². The summed E-state index contributed by atoms with van der Waals surface area (Å²) in [5, 5.41) is 5.67. The van der Waals surface area contributed by atoms with Gasteiger partial charge in [-0.1, -0.05) is 6.92 Å². The van der Waals surface area contributed by atoms with Gasteiger partial charge in [0.1, 0.15) is 5.82 Å². The lowest BCUT2D eigenvalue weighted by Gasteiger charge is -2.26. The Labute approximate surface area is 147 Å². The second-order valence-electron chi connectivity index (χ2n) is 6.93. The SMILES string of the molecule is CC(=O)N1CCCN(c2ccc(F)cc2NC(=O)N[C@@H]2C[C@H]2C)CC1.